The van der Waals surface area contributed by atoms with Crippen molar-refractivity contribution in [3.63, 3.8) is 0 Å². The Labute approximate surface area is 69.2 Å². The van der Waals surface area contributed by atoms with E-state index in [1.807, 2.05) is 0 Å². The summed E-state index contributed by atoms with van der Waals surface area (Å²) < 4.78 is 36.5. The second-order valence-electron chi connectivity index (χ2n) is 1.59. The summed E-state index contributed by atoms with van der Waals surface area (Å²) in [5.74, 6) is -2.90. The van der Waals surface area contributed by atoms with Gasteiger partial charge in [-0.2, -0.15) is 13.2 Å². The van der Waals surface area contributed by atoms with Gasteiger partial charge >= 0.3 is 5.83 Å². The minimum absolute atomic E-state index is 0.237. The maximum absolute atomic E-state index is 12.3. The van der Waals surface area contributed by atoms with E-state index in [-0.39, 0.29) is 3.58 Å². The average molecular weight is 257 g/mol. The van der Waals surface area contributed by atoms with E-state index in [1.54, 1.807) is 5.73 Å². The number of rotatable bonds is 0. The quantitative estimate of drug-likeness (QED) is 0.355. The van der Waals surface area contributed by atoms with Crippen LogP contribution < -0.4 is 0 Å². The topological polar surface area (TPSA) is 0 Å². The first-order valence-electron chi connectivity index (χ1n) is 2.33. The van der Waals surface area contributed by atoms with E-state index in [2.05, 4.69) is 0 Å². The van der Waals surface area contributed by atoms with Gasteiger partial charge in [0.15, 0.2) is 3.58 Å². The molecule has 1 aliphatic rings. The van der Waals surface area contributed by atoms with E-state index in [4.69, 9.17) is 0 Å². The second kappa shape index (κ2) is 2.72. The molecule has 1 aliphatic carbocycles. The molecule has 0 aliphatic heterocycles. The number of halogens is 4. The maximum atomic E-state index is 12.3. The van der Waals surface area contributed by atoms with Crippen molar-refractivity contribution in [3.05, 3.63) is 33.2 Å². The Morgan fingerprint density at radius 1 is 1.30 bits per heavy atom. The third-order valence-corrected chi connectivity index (χ3v) is 1.87. The molecule has 0 saturated heterocycles. The lowest BCUT2D eigenvalue weighted by molar-refractivity contribution is 0.573. The van der Waals surface area contributed by atoms with Crippen LogP contribution >= 0.6 is 22.6 Å². The normalized spacial score (nSPS) is 18.0. The van der Waals surface area contributed by atoms with Gasteiger partial charge < -0.3 is 0 Å². The molecule has 0 fully saturated rings. The van der Waals surface area contributed by atoms with Gasteiger partial charge in [-0.15, -0.1) is 0 Å². The van der Waals surface area contributed by atoms with Crippen molar-refractivity contribution < 1.29 is 13.2 Å². The van der Waals surface area contributed by atoms with Gasteiger partial charge in [0.25, 0.3) is 11.7 Å². The molecule has 0 amide bonds. The number of allylic oxidation sites excluding steroid dienone is 3. The molecule has 0 aromatic carbocycles. The van der Waals surface area contributed by atoms with Gasteiger partial charge in [-0.25, -0.2) is 0 Å². The van der Waals surface area contributed by atoms with E-state index < -0.39 is 17.5 Å². The molecule has 0 N–H and O–H groups in total. The SMILES string of the molecule is FC1=C=C(F)C(I)=C(F)[CH+]1. The summed E-state index contributed by atoms with van der Waals surface area (Å²) in [5.41, 5.74) is 1.70. The molecule has 0 saturated carbocycles. The molecular weight excluding hydrogens is 256 g/mol. The zero-order valence-corrected chi connectivity index (χ0v) is 6.75. The van der Waals surface area contributed by atoms with Crippen molar-refractivity contribution in [1.29, 1.82) is 0 Å². The van der Waals surface area contributed by atoms with E-state index >= 15 is 0 Å². The Morgan fingerprint density at radius 3 is 2.40 bits per heavy atom. The highest BCUT2D eigenvalue weighted by Gasteiger charge is 2.26. The van der Waals surface area contributed by atoms with Crippen LogP contribution in [-0.4, -0.2) is 0 Å². The molecule has 10 heavy (non-hydrogen) atoms. The van der Waals surface area contributed by atoms with E-state index in [9.17, 15) is 13.2 Å². The summed E-state index contributed by atoms with van der Waals surface area (Å²) in [6.07, 6.45) is 0.588. The first kappa shape index (κ1) is 7.75. The third-order valence-electron chi connectivity index (χ3n) is 0.885. The summed E-state index contributed by atoms with van der Waals surface area (Å²) in [6.45, 7) is 0. The van der Waals surface area contributed by atoms with Gasteiger partial charge in [-0.3, -0.25) is 0 Å². The first-order chi connectivity index (χ1) is 4.61. The van der Waals surface area contributed by atoms with Crippen LogP contribution in [0.4, 0.5) is 13.2 Å². The Morgan fingerprint density at radius 2 is 1.90 bits per heavy atom. The van der Waals surface area contributed by atoms with Crippen molar-refractivity contribution in [1.82, 2.24) is 0 Å². The highest BCUT2D eigenvalue weighted by Crippen LogP contribution is 2.30. The Hall–Kier alpha value is -0.350. The van der Waals surface area contributed by atoms with E-state index in [0.717, 1.165) is 0 Å². The maximum Gasteiger partial charge on any atom is 0.304 e. The lowest BCUT2D eigenvalue weighted by atomic mass is 10.2. The predicted octanol–water partition coefficient (Wildman–Crippen LogP) is 3.13. The van der Waals surface area contributed by atoms with Crippen molar-refractivity contribution >= 4 is 22.6 Å². The molecule has 1 rings (SSSR count). The summed E-state index contributed by atoms with van der Waals surface area (Å²) >= 11 is 1.44. The molecule has 52 valence electrons. The molecule has 0 aromatic rings. The van der Waals surface area contributed by atoms with Gasteiger partial charge in [0.2, 0.25) is 0 Å². The van der Waals surface area contributed by atoms with Crippen molar-refractivity contribution in [2.24, 2.45) is 0 Å². The first-order valence-corrected chi connectivity index (χ1v) is 3.41. The van der Waals surface area contributed by atoms with Crippen molar-refractivity contribution in [2.45, 2.75) is 0 Å². The van der Waals surface area contributed by atoms with Gasteiger partial charge in [-0.05, 0) is 0 Å². The number of hydrogen-bond acceptors (Lipinski definition) is 0. The minimum Gasteiger partial charge on any atom is -0.174 e. The predicted molar refractivity (Wildman–Crippen MR) is 39.2 cm³/mol. The summed E-state index contributed by atoms with van der Waals surface area (Å²) in [5, 5.41) is 0. The van der Waals surface area contributed by atoms with Crippen LogP contribution in [0.25, 0.3) is 0 Å². The lowest BCUT2D eigenvalue weighted by Crippen LogP contribution is -1.88. The van der Waals surface area contributed by atoms with Gasteiger partial charge in [0, 0.05) is 0 Å². The summed E-state index contributed by atoms with van der Waals surface area (Å²) in [6, 6.07) is 0. The fraction of sp³-hybridized carbons (Fsp3) is 0. The Balaban J connectivity index is 3.14. The summed E-state index contributed by atoms with van der Waals surface area (Å²) in [4.78, 5) is 0. The molecule has 0 unspecified atom stereocenters. The minimum atomic E-state index is -1.02. The molecule has 0 aromatic heterocycles. The van der Waals surface area contributed by atoms with Gasteiger partial charge in [0.05, 0.1) is 22.6 Å². The Bertz CT molecular complexity index is 258. The number of hydrogen-bond donors (Lipinski definition) is 0. The standard InChI is InChI=1S/C6HF3I/c7-3-1-4(8)6(10)5(9)2-3/h1H/q+1. The smallest absolute Gasteiger partial charge is 0.174 e. The molecule has 0 spiro atoms. The average Bonchev–Trinajstić information content (AvgIpc) is 1.82. The van der Waals surface area contributed by atoms with Crippen molar-refractivity contribution in [3.8, 4) is 0 Å². The van der Waals surface area contributed by atoms with Crippen LogP contribution in [0.15, 0.2) is 26.8 Å². The summed E-state index contributed by atoms with van der Waals surface area (Å²) in [7, 11) is 0. The van der Waals surface area contributed by atoms with Crippen molar-refractivity contribution in [2.75, 3.05) is 0 Å². The highest BCUT2D eigenvalue weighted by molar-refractivity contribution is 14.1. The van der Waals surface area contributed by atoms with Gasteiger partial charge in [-0.1, -0.05) is 0 Å². The lowest BCUT2D eigenvalue weighted by Gasteiger charge is -1.90. The van der Waals surface area contributed by atoms with Gasteiger partial charge in [0.1, 0.15) is 12.2 Å². The molecule has 0 heterocycles. The molecule has 0 atom stereocenters. The highest BCUT2D eigenvalue weighted by atomic mass is 127. The van der Waals surface area contributed by atoms with Crippen LogP contribution in [0.3, 0.4) is 0 Å². The molecule has 0 radical (unpaired) electrons. The molecule has 4 heteroatoms. The van der Waals surface area contributed by atoms with Crippen LogP contribution in [0.1, 0.15) is 0 Å². The van der Waals surface area contributed by atoms with E-state index in [0.29, 0.717) is 6.42 Å². The van der Waals surface area contributed by atoms with Crippen LogP contribution in [-0.2, 0) is 0 Å². The van der Waals surface area contributed by atoms with Crippen LogP contribution in [0, 0.1) is 6.42 Å². The fourth-order valence-corrected chi connectivity index (χ4v) is 0.766. The third kappa shape index (κ3) is 1.38. The molecule has 0 bridgehead atoms. The van der Waals surface area contributed by atoms with Crippen LogP contribution in [0.5, 0.6) is 0 Å². The van der Waals surface area contributed by atoms with Crippen LogP contribution in [0.2, 0.25) is 0 Å². The van der Waals surface area contributed by atoms with E-state index in [1.165, 1.54) is 22.6 Å². The zero-order chi connectivity index (χ0) is 7.72. The monoisotopic (exact) mass is 257 g/mol. The zero-order valence-electron chi connectivity index (χ0n) is 4.59. The molecule has 0 nitrogen and oxygen atoms in total. The largest absolute Gasteiger partial charge is 0.304 e. The fourth-order valence-electron chi connectivity index (χ4n) is 0.475. The molecular formula is C6HF3I+. The Kier molecular flexibility index (Phi) is 2.11. The second-order valence-corrected chi connectivity index (χ2v) is 2.67.